The fourth-order valence-corrected chi connectivity index (χ4v) is 0.707. The molecule has 0 saturated carbocycles. The van der Waals surface area contributed by atoms with Crippen molar-refractivity contribution in [3.05, 3.63) is 11.6 Å². The van der Waals surface area contributed by atoms with Crippen LogP contribution in [0.4, 0.5) is 0 Å². The summed E-state index contributed by atoms with van der Waals surface area (Å²) in [5, 5.41) is 0. The first-order valence-electron chi connectivity index (χ1n) is 2.93. The predicted molar refractivity (Wildman–Crippen MR) is 37.7 cm³/mol. The third kappa shape index (κ3) is 8.69. The zero-order chi connectivity index (χ0) is 7.98. The molecule has 12 heavy (non-hydrogen) atoms. The zero-order valence-electron chi connectivity index (χ0n) is 7.33. The van der Waals surface area contributed by atoms with Crippen LogP contribution in [0.3, 0.4) is 0 Å². The van der Waals surface area contributed by atoms with E-state index in [1.165, 1.54) is 0 Å². The van der Waals surface area contributed by atoms with E-state index in [0.29, 0.717) is 5.57 Å². The van der Waals surface area contributed by atoms with Crippen molar-refractivity contribution in [2.24, 2.45) is 0 Å². The largest absolute Gasteiger partial charge is 1.00 e. The van der Waals surface area contributed by atoms with Gasteiger partial charge in [0.1, 0.15) is 0 Å². The van der Waals surface area contributed by atoms with E-state index < -0.39 is 14.7 Å². The van der Waals surface area contributed by atoms with E-state index in [4.69, 9.17) is 0 Å². The van der Waals surface area contributed by atoms with Crippen LogP contribution in [0.25, 0.3) is 0 Å². The van der Waals surface area contributed by atoms with Crippen molar-refractivity contribution in [1.29, 1.82) is 0 Å². The minimum absolute atomic E-state index is 0. The van der Waals surface area contributed by atoms with Crippen LogP contribution in [-0.4, -0.2) is 5.97 Å². The smallest absolute Gasteiger partial charge is 1.00 e. The topological polar surface area (TPSA) is 43.4 Å². The molecule has 0 unspecified atom stereocenters. The van der Waals surface area contributed by atoms with Crippen LogP contribution in [-0.2, 0) is 13.9 Å². The molecule has 0 heterocycles. The Morgan fingerprint density at radius 1 is 1.58 bits per heavy atom. The molecule has 0 amide bonds. The molecule has 0 saturated heterocycles. The molecule has 0 aromatic heterocycles. The van der Waals surface area contributed by atoms with Gasteiger partial charge in [0.2, 0.25) is 0 Å². The molecule has 0 aliphatic rings. The molecule has 3 nitrogen and oxygen atoms in total. The Hall–Kier alpha value is 0.600. The Balaban J connectivity index is -0.000000405. The molecule has 0 atom stereocenters. The second-order valence-electron chi connectivity index (χ2n) is 1.75. The minimum Gasteiger partial charge on any atom is -1.00 e. The van der Waals surface area contributed by atoms with Crippen LogP contribution in [0.1, 0.15) is 20.3 Å². The summed E-state index contributed by atoms with van der Waals surface area (Å²) in [4.78, 5) is 10.6. The van der Waals surface area contributed by atoms with E-state index in [9.17, 15) is 9.36 Å². The molecule has 6 heteroatoms. The van der Waals surface area contributed by atoms with Gasteiger partial charge in [0, 0.05) is 5.57 Å². The summed E-state index contributed by atoms with van der Waals surface area (Å²) in [5.74, 6) is -0.529. The third-order valence-corrected chi connectivity index (χ3v) is 1.19. The number of carbonyl (C=O) groups is 1. The standard InChI is InChI=1S/C6H9O3P.ClH.Na/c1-3-4-5(2)6(7)9-10-8;;/h4H,3H2,1-2H3;1H;/q;;+1/p-1. The number of halogens is 1. The minimum atomic E-state index is -0.591. The van der Waals surface area contributed by atoms with Crippen molar-refractivity contribution in [2.45, 2.75) is 20.3 Å². The van der Waals surface area contributed by atoms with Crippen LogP contribution in [0.15, 0.2) is 11.6 Å². The molecule has 0 aromatic rings. The van der Waals surface area contributed by atoms with Crippen molar-refractivity contribution >= 4 is 14.7 Å². The zero-order valence-corrected chi connectivity index (χ0v) is 11.0. The van der Waals surface area contributed by atoms with E-state index >= 15 is 0 Å². The van der Waals surface area contributed by atoms with E-state index in [0.717, 1.165) is 6.42 Å². The quantitative estimate of drug-likeness (QED) is 0.276. The monoisotopic (exact) mass is 218 g/mol. The maximum atomic E-state index is 10.6. The van der Waals surface area contributed by atoms with Gasteiger partial charge in [0.05, 0.1) is 0 Å². The molecule has 0 aromatic carbocycles. The van der Waals surface area contributed by atoms with Crippen molar-refractivity contribution < 1.29 is 55.8 Å². The summed E-state index contributed by atoms with van der Waals surface area (Å²) >= 11 is 0. The van der Waals surface area contributed by atoms with Crippen molar-refractivity contribution in [3.8, 4) is 0 Å². The molecule has 0 fully saturated rings. The molecule has 0 aliphatic heterocycles. The van der Waals surface area contributed by atoms with Gasteiger partial charge < -0.3 is 16.9 Å². The summed E-state index contributed by atoms with van der Waals surface area (Å²) in [5.41, 5.74) is 0.492. The summed E-state index contributed by atoms with van der Waals surface area (Å²) in [6, 6.07) is 0. The second kappa shape index (κ2) is 11.6. The summed E-state index contributed by atoms with van der Waals surface area (Å²) in [6.45, 7) is 3.53. The van der Waals surface area contributed by atoms with Gasteiger partial charge in [-0.2, -0.15) is 0 Å². The fraction of sp³-hybridized carbons (Fsp3) is 0.500. The normalized spacial score (nSPS) is 9.67. The predicted octanol–water partition coefficient (Wildman–Crippen LogP) is -3.90. The first kappa shape index (κ1) is 18.4. The van der Waals surface area contributed by atoms with Gasteiger partial charge in [-0.1, -0.05) is 13.0 Å². The van der Waals surface area contributed by atoms with E-state index in [1.54, 1.807) is 13.0 Å². The summed E-state index contributed by atoms with van der Waals surface area (Å²) in [6.07, 6.45) is 2.49. The molecule has 0 radical (unpaired) electrons. The van der Waals surface area contributed by atoms with Crippen molar-refractivity contribution in [3.63, 3.8) is 0 Å². The van der Waals surface area contributed by atoms with Gasteiger partial charge >= 0.3 is 44.2 Å². The second-order valence-corrected chi connectivity index (χ2v) is 2.08. The molecule has 0 N–H and O–H groups in total. The molecular formula is C6H9ClNaO3P. The van der Waals surface area contributed by atoms with E-state index in [-0.39, 0.29) is 42.0 Å². The third-order valence-electron chi connectivity index (χ3n) is 0.952. The molecule has 0 bridgehead atoms. The summed E-state index contributed by atoms with van der Waals surface area (Å²) < 4.78 is 13.9. The maximum absolute atomic E-state index is 10.6. The first-order chi connectivity index (χ1) is 4.72. The van der Waals surface area contributed by atoms with Crippen LogP contribution in [0, 0.1) is 0 Å². The number of hydrogen-bond acceptors (Lipinski definition) is 3. The number of rotatable bonds is 3. The molecule has 0 spiro atoms. The van der Waals surface area contributed by atoms with Crippen LogP contribution in [0.2, 0.25) is 0 Å². The van der Waals surface area contributed by atoms with Gasteiger partial charge in [-0.25, -0.2) is 9.36 Å². The van der Waals surface area contributed by atoms with Crippen LogP contribution >= 0.6 is 8.69 Å². The Bertz CT molecular complexity index is 172. The molecule has 0 rings (SSSR count). The van der Waals surface area contributed by atoms with Crippen LogP contribution < -0.4 is 42.0 Å². The maximum Gasteiger partial charge on any atom is 1.00 e. The average Bonchev–Trinajstić information content (AvgIpc) is 1.89. The summed E-state index contributed by atoms with van der Waals surface area (Å²) in [7, 11) is -0.591. The number of allylic oxidation sites excluding steroid dienone is 1. The Labute approximate surface area is 102 Å². The SMILES string of the molecule is CCC=C(C)C(=O)OP=O.[Cl-].[Na+]. The Morgan fingerprint density at radius 2 is 2.08 bits per heavy atom. The van der Waals surface area contributed by atoms with Crippen molar-refractivity contribution in [1.82, 2.24) is 0 Å². The number of carbonyl (C=O) groups excluding carboxylic acids is 1. The van der Waals surface area contributed by atoms with Gasteiger partial charge in [-0.15, -0.1) is 0 Å². The van der Waals surface area contributed by atoms with Gasteiger partial charge in [-0.3, -0.25) is 0 Å². The fourth-order valence-electron chi connectivity index (χ4n) is 0.495. The molecular weight excluding hydrogens is 209 g/mol. The molecule has 64 valence electrons. The van der Waals surface area contributed by atoms with Gasteiger partial charge in [0.25, 0.3) is 0 Å². The van der Waals surface area contributed by atoms with Gasteiger partial charge in [-0.05, 0) is 13.3 Å². The Kier molecular flexibility index (Phi) is 17.8. The average molecular weight is 219 g/mol. The van der Waals surface area contributed by atoms with E-state index in [1.807, 2.05) is 6.92 Å². The Morgan fingerprint density at radius 3 is 2.42 bits per heavy atom. The first-order valence-corrected chi connectivity index (χ1v) is 3.66. The van der Waals surface area contributed by atoms with E-state index in [2.05, 4.69) is 4.52 Å². The molecule has 0 aliphatic carbocycles. The van der Waals surface area contributed by atoms with Gasteiger partial charge in [0.15, 0.2) is 0 Å². The number of hydrogen-bond donors (Lipinski definition) is 0. The van der Waals surface area contributed by atoms with Crippen LogP contribution in [0.5, 0.6) is 0 Å². The van der Waals surface area contributed by atoms with Crippen molar-refractivity contribution in [2.75, 3.05) is 0 Å².